The zero-order chi connectivity index (χ0) is 23.9. The summed E-state index contributed by atoms with van der Waals surface area (Å²) in [6, 6.07) is 0. The van der Waals surface area contributed by atoms with Gasteiger partial charge < -0.3 is 15.2 Å². The minimum atomic E-state index is -3.60. The van der Waals surface area contributed by atoms with Crippen LogP contribution in [0.4, 0.5) is 0 Å². The van der Waals surface area contributed by atoms with Crippen LogP contribution in [-0.4, -0.2) is 55.6 Å². The van der Waals surface area contributed by atoms with Crippen LogP contribution in [0.2, 0.25) is 0 Å². The van der Waals surface area contributed by atoms with Crippen molar-refractivity contribution in [2.24, 2.45) is 5.41 Å². The van der Waals surface area contributed by atoms with Gasteiger partial charge in [-0.05, 0) is 65.2 Å². The van der Waals surface area contributed by atoms with Crippen LogP contribution in [-0.2, 0) is 23.8 Å². The second-order valence-electron chi connectivity index (χ2n) is 9.79. The lowest BCUT2D eigenvalue weighted by Crippen LogP contribution is -2.50. The third-order valence-corrected chi connectivity index (χ3v) is 7.83. The lowest BCUT2D eigenvalue weighted by atomic mass is 9.73. The van der Waals surface area contributed by atoms with Crippen LogP contribution in [0.1, 0.15) is 93.9 Å². The Bertz CT molecular complexity index is 639. The van der Waals surface area contributed by atoms with Gasteiger partial charge in [-0.1, -0.05) is 27.7 Å². The second-order valence-corrected chi connectivity index (χ2v) is 11.5. The van der Waals surface area contributed by atoms with E-state index in [1.807, 2.05) is 41.5 Å². The van der Waals surface area contributed by atoms with Crippen molar-refractivity contribution in [1.29, 1.82) is 0 Å². The van der Waals surface area contributed by atoms with Crippen LogP contribution in [0, 0.1) is 5.41 Å². The fraction of sp³-hybridized carbons (Fsp3) is 0.955. The molecule has 0 radical (unpaired) electrons. The SMILES string of the molecule is CCC(CC)(CC(C)(CC)NCC(=O)OC(C)(CC)CC(C)(C)O)CS(=O)(=O)OC. The van der Waals surface area contributed by atoms with Crippen LogP contribution in [0.5, 0.6) is 0 Å². The molecule has 2 atom stereocenters. The molecule has 0 amide bonds. The molecule has 0 heterocycles. The average molecular weight is 452 g/mol. The zero-order valence-electron chi connectivity index (χ0n) is 20.6. The minimum Gasteiger partial charge on any atom is -0.458 e. The van der Waals surface area contributed by atoms with Gasteiger partial charge in [0.25, 0.3) is 10.1 Å². The molecule has 0 aliphatic carbocycles. The van der Waals surface area contributed by atoms with Crippen molar-refractivity contribution in [3.63, 3.8) is 0 Å². The van der Waals surface area contributed by atoms with E-state index >= 15 is 0 Å². The molecule has 8 heteroatoms. The van der Waals surface area contributed by atoms with E-state index in [1.54, 1.807) is 13.8 Å². The maximum atomic E-state index is 12.6. The molecule has 0 aromatic carbocycles. The first kappa shape index (κ1) is 29.3. The summed E-state index contributed by atoms with van der Waals surface area (Å²) >= 11 is 0. The number of carbonyl (C=O) groups excluding carboxylic acids is 1. The van der Waals surface area contributed by atoms with Crippen LogP contribution in [0.3, 0.4) is 0 Å². The van der Waals surface area contributed by atoms with Crippen molar-refractivity contribution in [3.8, 4) is 0 Å². The Morgan fingerprint density at radius 1 is 0.933 bits per heavy atom. The van der Waals surface area contributed by atoms with E-state index < -0.39 is 32.3 Å². The van der Waals surface area contributed by atoms with Crippen molar-refractivity contribution < 1.29 is 27.2 Å². The lowest BCUT2D eigenvalue weighted by molar-refractivity contribution is -0.163. The normalized spacial score (nSPS) is 17.3. The average Bonchev–Trinajstić information content (AvgIpc) is 2.64. The molecule has 0 aromatic heterocycles. The summed E-state index contributed by atoms with van der Waals surface area (Å²) < 4.78 is 34.7. The maximum Gasteiger partial charge on any atom is 0.320 e. The van der Waals surface area contributed by atoms with Crippen LogP contribution < -0.4 is 5.32 Å². The van der Waals surface area contributed by atoms with Crippen molar-refractivity contribution in [2.75, 3.05) is 19.4 Å². The van der Waals surface area contributed by atoms with E-state index in [2.05, 4.69) is 5.32 Å². The molecule has 0 rings (SSSR count). The van der Waals surface area contributed by atoms with Gasteiger partial charge in [0.2, 0.25) is 0 Å². The predicted octanol–water partition coefficient (Wildman–Crippen LogP) is 3.79. The standard InChI is InChI=1S/C22H45NO6S/c1-10-20(7,16-22(12-3,13-4)17-30(26,27)28-9)23-14-18(24)29-21(8,11-2)15-19(5,6)25/h23,25H,10-17H2,1-9H3. The minimum absolute atomic E-state index is 0.0202. The number of rotatable bonds is 15. The van der Waals surface area contributed by atoms with Crippen molar-refractivity contribution >= 4 is 16.1 Å². The molecule has 0 spiro atoms. The van der Waals surface area contributed by atoms with Gasteiger partial charge in [-0.3, -0.25) is 8.98 Å². The Morgan fingerprint density at radius 2 is 1.47 bits per heavy atom. The summed E-state index contributed by atoms with van der Waals surface area (Å²) in [5.41, 5.74) is -2.57. The number of hydrogen-bond acceptors (Lipinski definition) is 7. The topological polar surface area (TPSA) is 102 Å². The number of ether oxygens (including phenoxy) is 1. The van der Waals surface area contributed by atoms with Gasteiger partial charge in [0.05, 0.1) is 25.0 Å². The van der Waals surface area contributed by atoms with E-state index in [4.69, 9.17) is 8.92 Å². The van der Waals surface area contributed by atoms with Crippen LogP contribution in [0.15, 0.2) is 0 Å². The quantitative estimate of drug-likeness (QED) is 0.288. The van der Waals surface area contributed by atoms with E-state index in [9.17, 15) is 18.3 Å². The van der Waals surface area contributed by atoms with Gasteiger partial charge >= 0.3 is 5.97 Å². The largest absolute Gasteiger partial charge is 0.458 e. The molecule has 0 fully saturated rings. The van der Waals surface area contributed by atoms with Gasteiger partial charge in [0.1, 0.15) is 5.60 Å². The molecular weight excluding hydrogens is 406 g/mol. The van der Waals surface area contributed by atoms with Gasteiger partial charge in [-0.2, -0.15) is 8.42 Å². The predicted molar refractivity (Wildman–Crippen MR) is 121 cm³/mol. The molecule has 0 aliphatic heterocycles. The van der Waals surface area contributed by atoms with E-state index in [-0.39, 0.29) is 18.3 Å². The first-order valence-electron chi connectivity index (χ1n) is 11.0. The summed E-state index contributed by atoms with van der Waals surface area (Å²) in [5.74, 6) is -0.434. The number of carbonyl (C=O) groups is 1. The summed E-state index contributed by atoms with van der Waals surface area (Å²) in [5, 5.41) is 13.4. The summed E-state index contributed by atoms with van der Waals surface area (Å²) in [6.07, 6.45) is 3.63. The first-order chi connectivity index (χ1) is 13.5. The number of nitrogens with one attached hydrogen (secondary N) is 1. The smallest absolute Gasteiger partial charge is 0.320 e. The zero-order valence-corrected chi connectivity index (χ0v) is 21.4. The third kappa shape index (κ3) is 10.1. The van der Waals surface area contributed by atoms with Crippen LogP contribution >= 0.6 is 0 Å². The highest BCUT2D eigenvalue weighted by atomic mass is 32.2. The molecule has 2 unspecified atom stereocenters. The Labute approximate surface area is 184 Å². The number of hydrogen-bond donors (Lipinski definition) is 2. The van der Waals surface area contributed by atoms with Gasteiger partial charge in [-0.15, -0.1) is 0 Å². The third-order valence-electron chi connectivity index (χ3n) is 6.36. The van der Waals surface area contributed by atoms with Gasteiger partial charge in [-0.25, -0.2) is 0 Å². The molecule has 7 nitrogen and oxygen atoms in total. The molecule has 0 bridgehead atoms. The number of aliphatic hydroxyl groups is 1. The lowest BCUT2D eigenvalue weighted by Gasteiger charge is -2.41. The molecule has 0 aromatic rings. The van der Waals surface area contributed by atoms with E-state index in [1.165, 1.54) is 7.11 Å². The Balaban J connectivity index is 5.28. The highest BCUT2D eigenvalue weighted by Gasteiger charge is 2.40. The molecule has 2 N–H and O–H groups in total. The molecule has 180 valence electrons. The van der Waals surface area contributed by atoms with E-state index in [0.29, 0.717) is 32.1 Å². The Morgan fingerprint density at radius 3 is 1.83 bits per heavy atom. The number of esters is 1. The summed E-state index contributed by atoms with van der Waals surface area (Å²) in [6.45, 7) is 15.2. The monoisotopic (exact) mass is 451 g/mol. The van der Waals surface area contributed by atoms with Crippen molar-refractivity contribution in [3.05, 3.63) is 0 Å². The summed E-state index contributed by atoms with van der Waals surface area (Å²) in [7, 11) is -2.41. The maximum absolute atomic E-state index is 12.6. The fourth-order valence-electron chi connectivity index (χ4n) is 4.07. The molecular formula is C22H45NO6S. The molecule has 30 heavy (non-hydrogen) atoms. The molecule has 0 saturated heterocycles. The van der Waals surface area contributed by atoms with E-state index in [0.717, 1.165) is 6.42 Å². The van der Waals surface area contributed by atoms with Crippen molar-refractivity contribution in [1.82, 2.24) is 5.32 Å². The summed E-state index contributed by atoms with van der Waals surface area (Å²) in [4.78, 5) is 12.6. The molecule has 0 saturated carbocycles. The fourth-order valence-corrected chi connectivity index (χ4v) is 5.45. The second kappa shape index (κ2) is 11.2. The Kier molecular flexibility index (Phi) is 11.0. The molecule has 0 aliphatic rings. The van der Waals surface area contributed by atoms with Gasteiger partial charge in [0, 0.05) is 12.0 Å². The Hall–Kier alpha value is -0.700. The highest BCUT2D eigenvalue weighted by Crippen LogP contribution is 2.38. The van der Waals surface area contributed by atoms with Crippen molar-refractivity contribution in [2.45, 2.75) is 111 Å². The van der Waals surface area contributed by atoms with Gasteiger partial charge in [0.15, 0.2) is 0 Å². The highest BCUT2D eigenvalue weighted by molar-refractivity contribution is 7.86. The first-order valence-corrected chi connectivity index (χ1v) is 12.6. The van der Waals surface area contributed by atoms with Crippen LogP contribution in [0.25, 0.3) is 0 Å².